The van der Waals surface area contributed by atoms with Crippen LogP contribution in [0.3, 0.4) is 0 Å². The molecular formula is C14H22FN3. The van der Waals surface area contributed by atoms with Gasteiger partial charge in [-0.1, -0.05) is 13.8 Å². The van der Waals surface area contributed by atoms with Crippen molar-refractivity contribution in [2.75, 3.05) is 24.5 Å². The van der Waals surface area contributed by atoms with Gasteiger partial charge >= 0.3 is 0 Å². The zero-order valence-corrected chi connectivity index (χ0v) is 11.2. The van der Waals surface area contributed by atoms with Crippen molar-refractivity contribution in [1.82, 2.24) is 10.3 Å². The normalized spacial score (nSPS) is 21.1. The molecular weight excluding hydrogens is 229 g/mol. The van der Waals surface area contributed by atoms with Crippen molar-refractivity contribution in [3.8, 4) is 0 Å². The van der Waals surface area contributed by atoms with Crippen LogP contribution in [0.2, 0.25) is 0 Å². The molecule has 0 aliphatic carbocycles. The van der Waals surface area contributed by atoms with Gasteiger partial charge < -0.3 is 10.2 Å². The van der Waals surface area contributed by atoms with Crippen molar-refractivity contribution in [2.24, 2.45) is 5.92 Å². The van der Waals surface area contributed by atoms with Gasteiger partial charge in [-0.3, -0.25) is 4.98 Å². The van der Waals surface area contributed by atoms with Gasteiger partial charge in [-0.15, -0.1) is 0 Å². The minimum Gasteiger partial charge on any atom is -0.369 e. The molecule has 1 aliphatic rings. The number of hydrogen-bond donors (Lipinski definition) is 1. The predicted molar refractivity (Wildman–Crippen MR) is 72.3 cm³/mol. The average molecular weight is 251 g/mol. The molecule has 0 spiro atoms. The number of rotatable bonds is 3. The van der Waals surface area contributed by atoms with E-state index < -0.39 is 0 Å². The molecule has 0 aromatic carbocycles. The zero-order valence-electron chi connectivity index (χ0n) is 11.2. The van der Waals surface area contributed by atoms with Gasteiger partial charge in [-0.25, -0.2) is 4.39 Å². The number of nitrogens with one attached hydrogen (secondary N) is 1. The first-order valence-corrected chi connectivity index (χ1v) is 6.74. The quantitative estimate of drug-likeness (QED) is 0.894. The Bertz CT molecular complexity index is 381. The second kappa shape index (κ2) is 6.14. The monoisotopic (exact) mass is 251 g/mol. The highest BCUT2D eigenvalue weighted by atomic mass is 19.1. The lowest BCUT2D eigenvalue weighted by Crippen LogP contribution is -2.38. The third-order valence-electron chi connectivity index (χ3n) is 3.29. The lowest BCUT2D eigenvalue weighted by molar-refractivity contribution is 0.436. The maximum Gasteiger partial charge on any atom is 0.143 e. The zero-order chi connectivity index (χ0) is 13.0. The Labute approximate surface area is 108 Å². The average Bonchev–Trinajstić information content (AvgIpc) is 2.54. The largest absolute Gasteiger partial charge is 0.369 e. The number of pyridine rings is 1. The van der Waals surface area contributed by atoms with Crippen LogP contribution in [-0.2, 0) is 0 Å². The van der Waals surface area contributed by atoms with Crippen LogP contribution in [-0.4, -0.2) is 30.7 Å². The summed E-state index contributed by atoms with van der Waals surface area (Å²) in [6.07, 6.45) is 5.25. The van der Waals surface area contributed by atoms with Crippen LogP contribution in [0.4, 0.5) is 10.1 Å². The van der Waals surface area contributed by atoms with Gasteiger partial charge in [0.25, 0.3) is 0 Å². The van der Waals surface area contributed by atoms with Crippen LogP contribution in [0.15, 0.2) is 18.5 Å². The lowest BCUT2D eigenvalue weighted by Gasteiger charge is -2.27. The molecule has 1 N–H and O–H groups in total. The summed E-state index contributed by atoms with van der Waals surface area (Å²) in [6, 6.07) is 2.06. The van der Waals surface area contributed by atoms with Crippen molar-refractivity contribution in [3.63, 3.8) is 0 Å². The predicted octanol–water partition coefficient (Wildman–Crippen LogP) is 2.44. The Kier molecular flexibility index (Phi) is 4.53. The summed E-state index contributed by atoms with van der Waals surface area (Å²) in [5.41, 5.74) is 0.896. The number of hydrogen-bond acceptors (Lipinski definition) is 3. The maximum absolute atomic E-state index is 13.2. The van der Waals surface area contributed by atoms with Crippen molar-refractivity contribution < 1.29 is 4.39 Å². The summed E-state index contributed by atoms with van der Waals surface area (Å²) in [7, 11) is 0. The summed E-state index contributed by atoms with van der Waals surface area (Å²) in [4.78, 5) is 6.18. The highest BCUT2D eigenvalue weighted by molar-refractivity contribution is 5.44. The Morgan fingerprint density at radius 3 is 3.06 bits per heavy atom. The van der Waals surface area contributed by atoms with Gasteiger partial charge in [0, 0.05) is 25.2 Å². The van der Waals surface area contributed by atoms with Crippen molar-refractivity contribution in [3.05, 3.63) is 24.3 Å². The summed E-state index contributed by atoms with van der Waals surface area (Å²) >= 11 is 0. The molecule has 1 fully saturated rings. The Morgan fingerprint density at radius 1 is 1.50 bits per heavy atom. The Balaban J connectivity index is 2.07. The van der Waals surface area contributed by atoms with Gasteiger partial charge in [0.1, 0.15) is 5.82 Å². The third kappa shape index (κ3) is 3.67. The van der Waals surface area contributed by atoms with Crippen molar-refractivity contribution >= 4 is 5.69 Å². The molecule has 2 rings (SSSR count). The second-order valence-corrected chi connectivity index (χ2v) is 5.44. The fourth-order valence-electron chi connectivity index (χ4n) is 2.53. The van der Waals surface area contributed by atoms with E-state index in [2.05, 4.69) is 29.0 Å². The topological polar surface area (TPSA) is 28.2 Å². The highest BCUT2D eigenvalue weighted by Gasteiger charge is 2.19. The highest BCUT2D eigenvalue weighted by Crippen LogP contribution is 2.18. The van der Waals surface area contributed by atoms with Gasteiger partial charge in [-0.2, -0.15) is 0 Å². The molecule has 1 aromatic heterocycles. The van der Waals surface area contributed by atoms with Crippen LogP contribution in [0.5, 0.6) is 0 Å². The molecule has 4 heteroatoms. The van der Waals surface area contributed by atoms with Crippen LogP contribution in [0.25, 0.3) is 0 Å². The minimum atomic E-state index is -0.259. The first-order chi connectivity index (χ1) is 8.65. The van der Waals surface area contributed by atoms with E-state index in [0.29, 0.717) is 12.0 Å². The molecule has 1 atom stereocenters. The molecule has 0 radical (unpaired) electrons. The second-order valence-electron chi connectivity index (χ2n) is 5.44. The van der Waals surface area contributed by atoms with Crippen molar-refractivity contribution in [2.45, 2.75) is 32.7 Å². The van der Waals surface area contributed by atoms with E-state index in [0.717, 1.165) is 38.2 Å². The molecule has 100 valence electrons. The lowest BCUT2D eigenvalue weighted by atomic mass is 10.0. The van der Waals surface area contributed by atoms with Gasteiger partial charge in [-0.05, 0) is 25.3 Å². The van der Waals surface area contributed by atoms with Crippen LogP contribution in [0, 0.1) is 11.7 Å². The minimum absolute atomic E-state index is 0.259. The molecule has 0 amide bonds. The standard InChI is InChI=1S/C14H22FN3/c1-11(2)6-13-10-18(5-3-4-17-13)14-7-12(15)8-16-9-14/h7-9,11,13,17H,3-6,10H2,1-2H3. The molecule has 1 aliphatic heterocycles. The third-order valence-corrected chi connectivity index (χ3v) is 3.29. The van der Waals surface area contributed by atoms with E-state index in [4.69, 9.17) is 0 Å². The summed E-state index contributed by atoms with van der Waals surface area (Å²) < 4.78 is 13.2. The van der Waals surface area contributed by atoms with E-state index in [1.165, 1.54) is 6.20 Å². The van der Waals surface area contributed by atoms with Crippen molar-refractivity contribution in [1.29, 1.82) is 0 Å². The van der Waals surface area contributed by atoms with Gasteiger partial charge in [0.05, 0.1) is 18.1 Å². The first-order valence-electron chi connectivity index (χ1n) is 6.74. The molecule has 1 unspecified atom stereocenters. The molecule has 0 saturated carbocycles. The van der Waals surface area contributed by atoms with Crippen LogP contribution >= 0.6 is 0 Å². The fourth-order valence-corrected chi connectivity index (χ4v) is 2.53. The Hall–Kier alpha value is -1.16. The molecule has 0 bridgehead atoms. The number of halogens is 1. The Morgan fingerprint density at radius 2 is 2.33 bits per heavy atom. The molecule has 3 nitrogen and oxygen atoms in total. The SMILES string of the molecule is CC(C)CC1CN(c2cncc(F)c2)CCCN1. The van der Waals surface area contributed by atoms with Crippen LogP contribution < -0.4 is 10.2 Å². The smallest absolute Gasteiger partial charge is 0.143 e. The molecule has 2 heterocycles. The van der Waals surface area contributed by atoms with Crippen LogP contribution in [0.1, 0.15) is 26.7 Å². The van der Waals surface area contributed by atoms with Gasteiger partial charge in [0.15, 0.2) is 0 Å². The maximum atomic E-state index is 13.2. The van der Waals surface area contributed by atoms with E-state index in [9.17, 15) is 4.39 Å². The van der Waals surface area contributed by atoms with Gasteiger partial charge in [0.2, 0.25) is 0 Å². The first kappa shape index (κ1) is 13.3. The van der Waals surface area contributed by atoms with E-state index >= 15 is 0 Å². The number of aromatic nitrogens is 1. The van der Waals surface area contributed by atoms with E-state index in [-0.39, 0.29) is 5.82 Å². The molecule has 1 saturated heterocycles. The van der Waals surface area contributed by atoms with E-state index in [1.54, 1.807) is 12.3 Å². The van der Waals surface area contributed by atoms with E-state index in [1.807, 2.05) is 0 Å². The fraction of sp³-hybridized carbons (Fsp3) is 0.643. The molecule has 1 aromatic rings. The molecule has 18 heavy (non-hydrogen) atoms. The number of anilines is 1. The summed E-state index contributed by atoms with van der Waals surface area (Å²) in [5, 5.41) is 3.57. The summed E-state index contributed by atoms with van der Waals surface area (Å²) in [5.74, 6) is 0.415. The summed E-state index contributed by atoms with van der Waals surface area (Å²) in [6.45, 7) is 7.41. The number of nitrogens with zero attached hydrogens (tertiary/aromatic N) is 2.